The summed E-state index contributed by atoms with van der Waals surface area (Å²) < 4.78 is 65.9. The Morgan fingerprint density at radius 2 is 1.04 bits per heavy atom. The SMILES string of the molecule is Cc1ccc(S(=O)(=O)O)cc1.Cc1ccc(S(=O)(=O)[O-])cc1.NCCCCCC(=O)O.NCCCCCC(=O)OCc1ccccc1.O.OCc1ccccc1. The van der Waals surface area contributed by atoms with E-state index in [1.165, 1.54) is 24.3 Å². The van der Waals surface area contributed by atoms with Gasteiger partial charge in [-0.15, -0.1) is 0 Å². The van der Waals surface area contributed by atoms with Gasteiger partial charge in [-0.3, -0.25) is 14.1 Å². The van der Waals surface area contributed by atoms with Gasteiger partial charge in [-0.05, 0) is 88.0 Å². The molecule has 312 valence electrons. The number of aliphatic hydroxyl groups excluding tert-OH is 1. The number of aliphatic carboxylic acids is 1. The van der Waals surface area contributed by atoms with Crippen LogP contribution in [0.2, 0.25) is 0 Å². The van der Waals surface area contributed by atoms with Crippen molar-refractivity contribution in [2.24, 2.45) is 11.5 Å². The summed E-state index contributed by atoms with van der Waals surface area (Å²) >= 11 is 0. The molecule has 0 bridgehead atoms. The average Bonchev–Trinajstić information content (AvgIpc) is 3.16. The minimum Gasteiger partial charge on any atom is -0.744 e. The number of rotatable bonds is 15. The molecule has 14 nitrogen and oxygen atoms in total. The van der Waals surface area contributed by atoms with Crippen LogP contribution in [0.15, 0.2) is 119 Å². The standard InChI is InChI=1S/C13H19NO2.2C7H8O3S.C7H8O.C6H13NO2.H2O/c14-10-6-2-5-9-13(15)16-11-12-7-3-1-4-8-12;2*1-6-2-4-7(5-3-6)11(8,9)10;8-6-7-4-2-1-3-5-7;7-5-3-1-2-4-6(8)9;/h1,3-4,7-8H,2,5-6,9-11,14H2;2*2-5H,1H3,(H,8,9,10);1-5,8H,6H2;1-5,7H2,(H,8,9);1H2/p-1. The van der Waals surface area contributed by atoms with Crippen LogP contribution in [-0.4, -0.2) is 66.7 Å². The summed E-state index contributed by atoms with van der Waals surface area (Å²) in [5, 5.41) is 16.7. The molecule has 0 heterocycles. The van der Waals surface area contributed by atoms with Crippen LogP contribution in [0.3, 0.4) is 0 Å². The van der Waals surface area contributed by atoms with Gasteiger partial charge in [-0.2, -0.15) is 8.42 Å². The molecule has 0 amide bonds. The number of carbonyl (C=O) groups excluding carboxylic acids is 1. The largest absolute Gasteiger partial charge is 0.744 e. The van der Waals surface area contributed by atoms with Crippen LogP contribution in [0.5, 0.6) is 0 Å². The second-order valence-electron chi connectivity index (χ2n) is 11.9. The van der Waals surface area contributed by atoms with Crippen LogP contribution >= 0.6 is 0 Å². The first-order valence-corrected chi connectivity index (χ1v) is 20.4. The van der Waals surface area contributed by atoms with E-state index in [4.69, 9.17) is 31.0 Å². The number of hydrogen-bond donors (Lipinski definition) is 5. The van der Waals surface area contributed by atoms with Gasteiger partial charge in [0.05, 0.1) is 16.4 Å². The van der Waals surface area contributed by atoms with Gasteiger partial charge in [0.25, 0.3) is 10.1 Å². The number of carboxylic acid groups (broad SMARTS) is 1. The van der Waals surface area contributed by atoms with E-state index in [9.17, 15) is 31.0 Å². The fourth-order valence-corrected chi connectivity index (χ4v) is 4.95. The molecule has 16 heteroatoms. The van der Waals surface area contributed by atoms with Crippen LogP contribution in [0.1, 0.15) is 73.6 Å². The molecule has 0 spiro atoms. The minimum absolute atomic E-state index is 0. The zero-order valence-corrected chi connectivity index (χ0v) is 33.6. The maximum Gasteiger partial charge on any atom is 0.306 e. The summed E-state index contributed by atoms with van der Waals surface area (Å²) in [4.78, 5) is 21.0. The van der Waals surface area contributed by atoms with Crippen molar-refractivity contribution >= 4 is 32.2 Å². The number of esters is 1. The van der Waals surface area contributed by atoms with Crippen molar-refractivity contribution in [2.45, 2.75) is 88.2 Å². The van der Waals surface area contributed by atoms with E-state index >= 15 is 0 Å². The number of carbonyl (C=O) groups is 2. The van der Waals surface area contributed by atoms with Crippen molar-refractivity contribution in [3.63, 3.8) is 0 Å². The number of unbranched alkanes of at least 4 members (excludes halogenated alkanes) is 4. The third-order valence-electron chi connectivity index (χ3n) is 7.08. The van der Waals surface area contributed by atoms with Gasteiger partial charge >= 0.3 is 11.9 Å². The lowest BCUT2D eigenvalue weighted by atomic mass is 10.2. The van der Waals surface area contributed by atoms with Gasteiger partial charge in [0.1, 0.15) is 16.7 Å². The number of nitrogens with two attached hydrogens (primary N) is 2. The smallest absolute Gasteiger partial charge is 0.306 e. The van der Waals surface area contributed by atoms with Crippen LogP contribution in [0.4, 0.5) is 0 Å². The molecule has 0 aromatic heterocycles. The molecule has 0 atom stereocenters. The van der Waals surface area contributed by atoms with Crippen molar-refractivity contribution in [1.82, 2.24) is 0 Å². The fraction of sp³-hybridized carbons (Fsp3) is 0.350. The maximum atomic E-state index is 11.3. The highest BCUT2D eigenvalue weighted by Crippen LogP contribution is 2.10. The monoisotopic (exact) mass is 821 g/mol. The van der Waals surface area contributed by atoms with Crippen molar-refractivity contribution in [2.75, 3.05) is 13.1 Å². The molecule has 0 fully saturated rings. The Morgan fingerprint density at radius 3 is 1.39 bits per heavy atom. The topological polar surface area (TPSA) is 279 Å². The third kappa shape index (κ3) is 29.8. The third-order valence-corrected chi connectivity index (χ3v) is 8.79. The highest BCUT2D eigenvalue weighted by molar-refractivity contribution is 7.86. The van der Waals surface area contributed by atoms with Gasteiger partial charge in [0.15, 0.2) is 0 Å². The van der Waals surface area contributed by atoms with E-state index in [1.54, 1.807) is 24.3 Å². The van der Waals surface area contributed by atoms with Crippen LogP contribution in [0.25, 0.3) is 0 Å². The summed E-state index contributed by atoms with van der Waals surface area (Å²) in [7, 11) is -8.29. The predicted octanol–water partition coefficient (Wildman–Crippen LogP) is 5.33. The Labute approximate surface area is 331 Å². The number of benzene rings is 4. The van der Waals surface area contributed by atoms with Gasteiger partial charge in [0.2, 0.25) is 0 Å². The number of carboxylic acids is 1. The molecule has 9 N–H and O–H groups in total. The molecule has 0 saturated carbocycles. The first kappa shape index (κ1) is 53.6. The Bertz CT molecular complexity index is 1740. The zero-order chi connectivity index (χ0) is 41.5. The average molecular weight is 822 g/mol. The first-order chi connectivity index (χ1) is 26.0. The summed E-state index contributed by atoms with van der Waals surface area (Å²) in [6.07, 6.45) is 6.24. The molecule has 56 heavy (non-hydrogen) atoms. The number of hydrogen-bond acceptors (Lipinski definition) is 11. The normalized spacial score (nSPS) is 10.2. The van der Waals surface area contributed by atoms with Crippen molar-refractivity contribution < 1.29 is 56.0 Å². The van der Waals surface area contributed by atoms with E-state index < -0.39 is 26.2 Å². The van der Waals surface area contributed by atoms with Gasteiger partial charge < -0.3 is 36.4 Å². The van der Waals surface area contributed by atoms with E-state index in [-0.39, 0.29) is 34.3 Å². The van der Waals surface area contributed by atoms with E-state index in [2.05, 4.69) is 0 Å². The Hall–Kier alpha value is -4.52. The lowest BCUT2D eigenvalue weighted by molar-refractivity contribution is -0.145. The Morgan fingerprint density at radius 1 is 0.625 bits per heavy atom. The van der Waals surface area contributed by atoms with Crippen LogP contribution < -0.4 is 11.5 Å². The lowest BCUT2D eigenvalue weighted by Crippen LogP contribution is -2.05. The highest BCUT2D eigenvalue weighted by atomic mass is 32.2. The summed E-state index contributed by atoms with van der Waals surface area (Å²) in [6, 6.07) is 31.0. The van der Waals surface area contributed by atoms with Crippen LogP contribution in [-0.2, 0) is 47.8 Å². The molecule has 0 unspecified atom stereocenters. The van der Waals surface area contributed by atoms with E-state index in [1.807, 2.05) is 74.5 Å². The summed E-state index contributed by atoms with van der Waals surface area (Å²) in [5.41, 5.74) is 14.4. The summed E-state index contributed by atoms with van der Waals surface area (Å²) in [6.45, 7) is 5.53. The van der Waals surface area contributed by atoms with Gasteiger partial charge in [0, 0.05) is 12.8 Å². The molecular formula is C40H57N2O12S2-. The minimum atomic E-state index is -4.27. The first-order valence-electron chi connectivity index (χ1n) is 17.6. The second-order valence-corrected chi connectivity index (χ2v) is 14.7. The maximum absolute atomic E-state index is 11.3. The molecule has 4 aromatic carbocycles. The lowest BCUT2D eigenvalue weighted by Gasteiger charge is -2.05. The van der Waals surface area contributed by atoms with Crippen LogP contribution in [0, 0.1) is 13.8 Å². The molecule has 0 radical (unpaired) electrons. The Balaban J connectivity index is 0. The molecule has 0 aliphatic heterocycles. The molecule has 0 saturated heterocycles. The Kier molecular flexibility index (Phi) is 30.3. The molecule has 4 aromatic rings. The van der Waals surface area contributed by atoms with Crippen molar-refractivity contribution in [1.29, 1.82) is 0 Å². The van der Waals surface area contributed by atoms with E-state index in [0.717, 1.165) is 60.8 Å². The summed E-state index contributed by atoms with van der Waals surface area (Å²) in [5.74, 6) is -0.840. The van der Waals surface area contributed by atoms with Crippen molar-refractivity contribution in [3.05, 3.63) is 131 Å². The molecule has 0 aliphatic rings. The molecular weight excluding hydrogens is 765 g/mol. The molecule has 0 aliphatic carbocycles. The van der Waals surface area contributed by atoms with Gasteiger partial charge in [-0.25, -0.2) is 8.42 Å². The van der Waals surface area contributed by atoms with Crippen molar-refractivity contribution in [3.8, 4) is 0 Å². The predicted molar refractivity (Wildman–Crippen MR) is 215 cm³/mol. The number of aryl methyl sites for hydroxylation is 2. The zero-order valence-electron chi connectivity index (χ0n) is 32.0. The quantitative estimate of drug-likeness (QED) is 0.0576. The van der Waals surface area contributed by atoms with E-state index in [0.29, 0.717) is 26.1 Å². The van der Waals surface area contributed by atoms with Gasteiger partial charge in [-0.1, -0.05) is 109 Å². The molecule has 4 rings (SSSR count). The fourth-order valence-electron chi connectivity index (χ4n) is 4.00. The number of ether oxygens (including phenoxy) is 1. The highest BCUT2D eigenvalue weighted by Gasteiger charge is 2.07. The number of aliphatic hydroxyl groups is 1. The second kappa shape index (κ2) is 31.7.